The van der Waals surface area contributed by atoms with Crippen molar-refractivity contribution in [1.29, 1.82) is 0 Å². The van der Waals surface area contributed by atoms with E-state index in [1.807, 2.05) is 0 Å². The Balaban J connectivity index is 2.89. The molecule has 0 spiro atoms. The van der Waals surface area contributed by atoms with Crippen molar-refractivity contribution in [2.24, 2.45) is 0 Å². The van der Waals surface area contributed by atoms with Crippen molar-refractivity contribution in [1.82, 2.24) is 5.32 Å². The van der Waals surface area contributed by atoms with E-state index in [0.29, 0.717) is 6.04 Å². The highest BCUT2D eigenvalue weighted by Gasteiger charge is 1.96. The van der Waals surface area contributed by atoms with Crippen LogP contribution in [0, 0.1) is 0 Å². The van der Waals surface area contributed by atoms with E-state index in [1.54, 1.807) is 0 Å². The Morgan fingerprint density at radius 3 is 2.36 bits per heavy atom. The van der Waals surface area contributed by atoms with Crippen molar-refractivity contribution in [2.75, 3.05) is 6.54 Å². The van der Waals surface area contributed by atoms with E-state index < -0.39 is 0 Å². The summed E-state index contributed by atoms with van der Waals surface area (Å²) in [7, 11) is 0. The molecule has 0 rings (SSSR count). The summed E-state index contributed by atoms with van der Waals surface area (Å²) in [6.07, 6.45) is 6.53. The smallest absolute Gasteiger partial charge is 0.0215 e. The number of hydrogen-bond acceptors (Lipinski definition) is 0. The zero-order chi connectivity index (χ0) is 8.53. The van der Waals surface area contributed by atoms with Crippen molar-refractivity contribution in [2.45, 2.75) is 58.9 Å². The van der Waals surface area contributed by atoms with E-state index in [-0.39, 0.29) is 0 Å². The minimum Gasteiger partial charge on any atom is -0.239 e. The average Bonchev–Trinajstić information content (AvgIpc) is 2.04. The molecule has 1 heteroatoms. The summed E-state index contributed by atoms with van der Waals surface area (Å²) in [5.41, 5.74) is 0. The largest absolute Gasteiger partial charge is 0.239 e. The highest BCUT2D eigenvalue weighted by atomic mass is 14.9. The van der Waals surface area contributed by atoms with Crippen LogP contribution in [-0.4, -0.2) is 12.6 Å². The first-order valence-corrected chi connectivity index (χ1v) is 4.97. The lowest BCUT2D eigenvalue weighted by molar-refractivity contribution is 0.500. The maximum absolute atomic E-state index is 4.51. The summed E-state index contributed by atoms with van der Waals surface area (Å²) >= 11 is 0. The van der Waals surface area contributed by atoms with Crippen LogP contribution in [0.15, 0.2) is 0 Å². The minimum absolute atomic E-state index is 0.580. The van der Waals surface area contributed by atoms with Gasteiger partial charge in [0.15, 0.2) is 0 Å². The summed E-state index contributed by atoms with van der Waals surface area (Å²) in [5.74, 6) is 0. The molecule has 11 heavy (non-hydrogen) atoms. The van der Waals surface area contributed by atoms with Crippen LogP contribution in [0.4, 0.5) is 0 Å². The van der Waals surface area contributed by atoms with Crippen LogP contribution in [0.25, 0.3) is 0 Å². The summed E-state index contributed by atoms with van der Waals surface area (Å²) in [6.45, 7) is 7.71. The van der Waals surface area contributed by atoms with Crippen LogP contribution < -0.4 is 5.32 Å². The molecule has 1 atom stereocenters. The van der Waals surface area contributed by atoms with Gasteiger partial charge in [-0.25, -0.2) is 5.32 Å². The van der Waals surface area contributed by atoms with E-state index in [0.717, 1.165) is 6.54 Å². The SMILES string of the molecule is CCCCCC[N]C(C)CC. The molecule has 0 saturated heterocycles. The zero-order valence-corrected chi connectivity index (χ0v) is 8.27. The number of rotatable bonds is 7. The molecule has 0 aromatic carbocycles. The molecule has 1 unspecified atom stereocenters. The van der Waals surface area contributed by atoms with Crippen molar-refractivity contribution < 1.29 is 0 Å². The molecule has 0 aliphatic rings. The molecule has 0 aromatic heterocycles. The third kappa shape index (κ3) is 7.86. The monoisotopic (exact) mass is 156 g/mol. The molecule has 0 amide bonds. The highest BCUT2D eigenvalue weighted by molar-refractivity contribution is 4.56. The topological polar surface area (TPSA) is 14.1 Å². The van der Waals surface area contributed by atoms with Gasteiger partial charge in [-0.15, -0.1) is 0 Å². The summed E-state index contributed by atoms with van der Waals surface area (Å²) in [5, 5.41) is 4.51. The fourth-order valence-corrected chi connectivity index (χ4v) is 0.979. The van der Waals surface area contributed by atoms with Gasteiger partial charge in [0.05, 0.1) is 0 Å². The summed E-state index contributed by atoms with van der Waals surface area (Å²) in [6, 6.07) is 0.580. The van der Waals surface area contributed by atoms with Crippen LogP contribution in [0.5, 0.6) is 0 Å². The van der Waals surface area contributed by atoms with Crippen molar-refractivity contribution >= 4 is 0 Å². The van der Waals surface area contributed by atoms with Gasteiger partial charge >= 0.3 is 0 Å². The normalized spacial score (nSPS) is 13.4. The number of hydrogen-bond donors (Lipinski definition) is 0. The van der Waals surface area contributed by atoms with Gasteiger partial charge in [0.2, 0.25) is 0 Å². The second-order valence-electron chi connectivity index (χ2n) is 3.22. The molecule has 0 aliphatic heterocycles. The van der Waals surface area contributed by atoms with Crippen LogP contribution in [0.3, 0.4) is 0 Å². The van der Waals surface area contributed by atoms with E-state index in [4.69, 9.17) is 0 Å². The van der Waals surface area contributed by atoms with E-state index in [1.165, 1.54) is 32.1 Å². The molecule has 0 aliphatic carbocycles. The van der Waals surface area contributed by atoms with Crippen LogP contribution >= 0.6 is 0 Å². The minimum atomic E-state index is 0.580. The van der Waals surface area contributed by atoms with Crippen molar-refractivity contribution in [3.8, 4) is 0 Å². The molecular formula is C10H22N. The number of nitrogens with zero attached hydrogens (tertiary/aromatic N) is 1. The first-order valence-electron chi connectivity index (χ1n) is 4.97. The zero-order valence-electron chi connectivity index (χ0n) is 8.27. The Hall–Kier alpha value is -0.0400. The maximum Gasteiger partial charge on any atom is 0.0215 e. The third-order valence-electron chi connectivity index (χ3n) is 2.04. The standard InChI is InChI=1S/C10H22N/c1-4-6-7-8-9-11-10(3)5-2/h10H,4-9H2,1-3H3. The first-order chi connectivity index (χ1) is 5.31. The molecular weight excluding hydrogens is 134 g/mol. The van der Waals surface area contributed by atoms with Gasteiger partial charge in [0.25, 0.3) is 0 Å². The van der Waals surface area contributed by atoms with Crippen molar-refractivity contribution in [3.63, 3.8) is 0 Å². The maximum atomic E-state index is 4.51. The molecule has 67 valence electrons. The molecule has 1 nitrogen and oxygen atoms in total. The van der Waals surface area contributed by atoms with Gasteiger partial charge in [0.1, 0.15) is 0 Å². The first kappa shape index (κ1) is 11.0. The van der Waals surface area contributed by atoms with Crippen LogP contribution in [-0.2, 0) is 0 Å². The number of unbranched alkanes of at least 4 members (excludes halogenated alkanes) is 3. The van der Waals surface area contributed by atoms with Gasteiger partial charge < -0.3 is 0 Å². The van der Waals surface area contributed by atoms with E-state index in [9.17, 15) is 0 Å². The molecule has 0 saturated carbocycles. The second-order valence-corrected chi connectivity index (χ2v) is 3.22. The quantitative estimate of drug-likeness (QED) is 0.503. The van der Waals surface area contributed by atoms with Crippen LogP contribution in [0.2, 0.25) is 0 Å². The Morgan fingerprint density at radius 1 is 1.09 bits per heavy atom. The molecule has 0 heterocycles. The second kappa shape index (κ2) is 8.06. The fraction of sp³-hybridized carbons (Fsp3) is 1.00. The lowest BCUT2D eigenvalue weighted by Crippen LogP contribution is -2.18. The third-order valence-corrected chi connectivity index (χ3v) is 2.04. The van der Waals surface area contributed by atoms with Gasteiger partial charge in [-0.2, -0.15) is 0 Å². The van der Waals surface area contributed by atoms with Gasteiger partial charge in [0, 0.05) is 12.6 Å². The van der Waals surface area contributed by atoms with E-state index >= 15 is 0 Å². The Morgan fingerprint density at radius 2 is 1.82 bits per heavy atom. The molecule has 0 bridgehead atoms. The lowest BCUT2D eigenvalue weighted by atomic mass is 10.2. The van der Waals surface area contributed by atoms with E-state index in [2.05, 4.69) is 26.1 Å². The van der Waals surface area contributed by atoms with Crippen molar-refractivity contribution in [3.05, 3.63) is 0 Å². The predicted molar refractivity (Wildman–Crippen MR) is 50.9 cm³/mol. The van der Waals surface area contributed by atoms with Gasteiger partial charge in [-0.3, -0.25) is 0 Å². The average molecular weight is 156 g/mol. The highest BCUT2D eigenvalue weighted by Crippen LogP contribution is 1.98. The molecule has 0 aromatic rings. The Kier molecular flexibility index (Phi) is 8.03. The Labute approximate surface area is 71.6 Å². The van der Waals surface area contributed by atoms with Gasteiger partial charge in [-0.1, -0.05) is 33.1 Å². The molecule has 0 N–H and O–H groups in total. The fourth-order valence-electron chi connectivity index (χ4n) is 0.979. The van der Waals surface area contributed by atoms with Crippen LogP contribution in [0.1, 0.15) is 52.9 Å². The Bertz CT molecular complexity index is 71.3. The summed E-state index contributed by atoms with van der Waals surface area (Å²) in [4.78, 5) is 0. The molecule has 0 fully saturated rings. The summed E-state index contributed by atoms with van der Waals surface area (Å²) < 4.78 is 0. The molecule has 1 radical (unpaired) electrons. The predicted octanol–water partition coefficient (Wildman–Crippen LogP) is 2.97. The lowest BCUT2D eigenvalue weighted by Gasteiger charge is -2.07. The van der Waals surface area contributed by atoms with Gasteiger partial charge in [-0.05, 0) is 19.8 Å².